The quantitative estimate of drug-likeness (QED) is 0.391. The van der Waals surface area contributed by atoms with Crippen LogP contribution in [0, 0.1) is 10.1 Å². The molecule has 1 aromatic carbocycles. The van der Waals surface area contributed by atoms with Crippen LogP contribution in [0.15, 0.2) is 36.0 Å². The van der Waals surface area contributed by atoms with Crippen LogP contribution >= 0.6 is 0 Å². The lowest BCUT2D eigenvalue weighted by Crippen LogP contribution is -2.02. The molecule has 1 aliphatic carbocycles. The Labute approximate surface area is 111 Å². The largest absolute Gasteiger partial charge is 0.361 e. The summed E-state index contributed by atoms with van der Waals surface area (Å²) in [6.45, 7) is 0. The van der Waals surface area contributed by atoms with Gasteiger partial charge >= 0.3 is 0 Å². The molecule has 1 N–H and O–H groups in total. The third-order valence-corrected chi connectivity index (χ3v) is 3.18. The van der Waals surface area contributed by atoms with Gasteiger partial charge in [0.1, 0.15) is 0 Å². The summed E-state index contributed by atoms with van der Waals surface area (Å²) in [6.07, 6.45) is 6.12. The number of carbonyl (C=O) groups excluding carboxylic acids is 1. The van der Waals surface area contributed by atoms with E-state index in [4.69, 9.17) is 0 Å². The van der Waals surface area contributed by atoms with E-state index in [9.17, 15) is 14.9 Å². The first-order valence-corrected chi connectivity index (χ1v) is 6.40. The highest BCUT2D eigenvalue weighted by atomic mass is 16.6. The van der Waals surface area contributed by atoms with Crippen molar-refractivity contribution in [3.63, 3.8) is 0 Å². The van der Waals surface area contributed by atoms with Crippen molar-refractivity contribution in [3.05, 3.63) is 46.2 Å². The normalized spacial score (nSPS) is 18.1. The van der Waals surface area contributed by atoms with Crippen LogP contribution in [-0.4, -0.2) is 10.7 Å². The molecule has 0 aromatic heterocycles. The van der Waals surface area contributed by atoms with Crippen LogP contribution in [0.4, 0.5) is 11.4 Å². The molecule has 1 aromatic rings. The van der Waals surface area contributed by atoms with E-state index < -0.39 is 4.92 Å². The maximum Gasteiger partial charge on any atom is 0.271 e. The molecule has 100 valence electrons. The van der Waals surface area contributed by atoms with Crippen LogP contribution in [0.5, 0.6) is 0 Å². The van der Waals surface area contributed by atoms with Crippen molar-refractivity contribution in [1.29, 1.82) is 0 Å². The Hall–Kier alpha value is -2.17. The number of nitrogens with one attached hydrogen (secondary N) is 1. The van der Waals surface area contributed by atoms with Gasteiger partial charge in [-0.1, -0.05) is 12.5 Å². The number of Topliss-reactive ketones (excluding diaryl/α,β-unsaturated/α-hetero) is 1. The lowest BCUT2D eigenvalue weighted by atomic mass is 10.1. The molecule has 0 aliphatic heterocycles. The summed E-state index contributed by atoms with van der Waals surface area (Å²) >= 11 is 0. The number of hydrogen-bond donors (Lipinski definition) is 1. The second-order valence-corrected chi connectivity index (χ2v) is 4.61. The Kier molecular flexibility index (Phi) is 4.28. The van der Waals surface area contributed by atoms with Crippen molar-refractivity contribution in [1.82, 2.24) is 0 Å². The van der Waals surface area contributed by atoms with E-state index >= 15 is 0 Å². The molecule has 1 saturated carbocycles. The van der Waals surface area contributed by atoms with Gasteiger partial charge in [-0.3, -0.25) is 14.9 Å². The van der Waals surface area contributed by atoms with Crippen molar-refractivity contribution >= 4 is 17.2 Å². The van der Waals surface area contributed by atoms with E-state index in [1.165, 1.54) is 12.1 Å². The third kappa shape index (κ3) is 3.64. The van der Waals surface area contributed by atoms with Gasteiger partial charge in [0.05, 0.1) is 4.92 Å². The number of non-ortho nitro benzene ring substituents is 1. The van der Waals surface area contributed by atoms with Crippen LogP contribution < -0.4 is 5.32 Å². The molecule has 2 rings (SSSR count). The Balaban J connectivity index is 2.10. The molecule has 0 amide bonds. The molecule has 5 heteroatoms. The number of allylic oxidation sites excluding steroid dienone is 1. The second kappa shape index (κ2) is 6.13. The lowest BCUT2D eigenvalue weighted by molar-refractivity contribution is -0.384. The predicted octanol–water partition coefficient (Wildman–Crippen LogP) is 3.42. The molecule has 19 heavy (non-hydrogen) atoms. The molecule has 0 bridgehead atoms. The Morgan fingerprint density at radius 2 is 2.00 bits per heavy atom. The number of anilines is 1. The first-order valence-electron chi connectivity index (χ1n) is 6.40. The zero-order valence-electron chi connectivity index (χ0n) is 10.6. The van der Waals surface area contributed by atoms with Gasteiger partial charge in [0, 0.05) is 36.0 Å². The zero-order valence-corrected chi connectivity index (χ0v) is 10.6. The summed E-state index contributed by atoms with van der Waals surface area (Å²) in [5.41, 5.74) is 1.44. The molecular weight excluding hydrogens is 244 g/mol. The second-order valence-electron chi connectivity index (χ2n) is 4.61. The maximum atomic E-state index is 11.8. The van der Waals surface area contributed by atoms with Crippen molar-refractivity contribution in [2.24, 2.45) is 0 Å². The molecule has 1 fully saturated rings. The summed E-state index contributed by atoms with van der Waals surface area (Å²) in [7, 11) is 0. The Bertz CT molecular complexity index is 523. The van der Waals surface area contributed by atoms with E-state index in [0.29, 0.717) is 12.1 Å². The van der Waals surface area contributed by atoms with E-state index in [1.54, 1.807) is 18.3 Å². The molecule has 5 nitrogen and oxygen atoms in total. The van der Waals surface area contributed by atoms with Gasteiger partial charge in [-0.15, -0.1) is 0 Å². The highest BCUT2D eigenvalue weighted by molar-refractivity contribution is 5.95. The van der Waals surface area contributed by atoms with E-state index in [1.807, 2.05) is 0 Å². The van der Waals surface area contributed by atoms with Gasteiger partial charge < -0.3 is 5.32 Å². The fourth-order valence-corrected chi connectivity index (χ4v) is 2.11. The van der Waals surface area contributed by atoms with Crippen LogP contribution in [0.2, 0.25) is 0 Å². The first kappa shape index (κ1) is 13.3. The van der Waals surface area contributed by atoms with Gasteiger partial charge in [-0.25, -0.2) is 0 Å². The number of nitro benzene ring substituents is 1. The van der Waals surface area contributed by atoms with Crippen molar-refractivity contribution in [3.8, 4) is 0 Å². The van der Waals surface area contributed by atoms with Gasteiger partial charge in [-0.2, -0.15) is 0 Å². The molecule has 1 aliphatic rings. The van der Waals surface area contributed by atoms with Crippen LogP contribution in [0.1, 0.15) is 32.1 Å². The molecule has 0 spiro atoms. The summed E-state index contributed by atoms with van der Waals surface area (Å²) in [6, 6.07) is 6.26. The highest BCUT2D eigenvalue weighted by Gasteiger charge is 2.13. The number of hydrogen-bond acceptors (Lipinski definition) is 4. The minimum absolute atomic E-state index is 0.0376. The SMILES string of the molecule is O=C1CCCCCC1=CNc1cccc([N+](=O)[O-])c1. The molecule has 0 heterocycles. The van der Waals surface area contributed by atoms with Gasteiger partial charge in [-0.05, 0) is 25.3 Å². The van der Waals surface area contributed by atoms with E-state index in [-0.39, 0.29) is 11.5 Å². The first-order chi connectivity index (χ1) is 9.16. The average Bonchev–Trinajstić information content (AvgIpc) is 2.61. The molecule has 0 atom stereocenters. The summed E-state index contributed by atoms with van der Waals surface area (Å²) < 4.78 is 0. The maximum absolute atomic E-state index is 11.8. The highest BCUT2D eigenvalue weighted by Crippen LogP contribution is 2.21. The number of benzene rings is 1. The number of rotatable bonds is 3. The number of nitrogens with zero attached hydrogens (tertiary/aromatic N) is 1. The smallest absolute Gasteiger partial charge is 0.271 e. The fourth-order valence-electron chi connectivity index (χ4n) is 2.11. The Morgan fingerprint density at radius 1 is 1.21 bits per heavy atom. The molecular formula is C14H16N2O3. The van der Waals surface area contributed by atoms with Crippen molar-refractivity contribution in [2.75, 3.05) is 5.32 Å². The monoisotopic (exact) mass is 260 g/mol. The predicted molar refractivity (Wildman–Crippen MR) is 72.9 cm³/mol. The summed E-state index contributed by atoms with van der Waals surface area (Å²) in [4.78, 5) is 22.0. The van der Waals surface area contributed by atoms with Gasteiger partial charge in [0.25, 0.3) is 5.69 Å². The summed E-state index contributed by atoms with van der Waals surface area (Å²) in [5.74, 6) is 0.176. The zero-order chi connectivity index (χ0) is 13.7. The molecule has 0 saturated heterocycles. The number of nitro groups is 1. The Morgan fingerprint density at radius 3 is 2.79 bits per heavy atom. The van der Waals surface area contributed by atoms with Crippen LogP contribution in [0.25, 0.3) is 0 Å². The average molecular weight is 260 g/mol. The number of carbonyl (C=O) groups is 1. The lowest BCUT2D eigenvalue weighted by Gasteiger charge is -2.04. The van der Waals surface area contributed by atoms with E-state index in [0.717, 1.165) is 31.3 Å². The fraction of sp³-hybridized carbons (Fsp3) is 0.357. The van der Waals surface area contributed by atoms with Crippen LogP contribution in [-0.2, 0) is 4.79 Å². The van der Waals surface area contributed by atoms with Gasteiger partial charge in [0.2, 0.25) is 0 Å². The molecule has 0 radical (unpaired) electrons. The van der Waals surface area contributed by atoms with Gasteiger partial charge in [0.15, 0.2) is 5.78 Å². The van der Waals surface area contributed by atoms with E-state index in [2.05, 4.69) is 5.32 Å². The third-order valence-electron chi connectivity index (χ3n) is 3.18. The minimum atomic E-state index is -0.435. The topological polar surface area (TPSA) is 72.2 Å². The summed E-state index contributed by atoms with van der Waals surface area (Å²) in [5, 5.41) is 13.6. The van der Waals surface area contributed by atoms with Crippen molar-refractivity contribution in [2.45, 2.75) is 32.1 Å². The standard InChI is InChI=1S/C14H16N2O3/c17-14-8-3-1-2-5-11(14)10-15-12-6-4-7-13(9-12)16(18)19/h4,6-7,9-10,15H,1-3,5,8H2. The minimum Gasteiger partial charge on any atom is -0.361 e. The molecule has 0 unspecified atom stereocenters. The van der Waals surface area contributed by atoms with Crippen molar-refractivity contribution < 1.29 is 9.72 Å². The van der Waals surface area contributed by atoms with Crippen LogP contribution in [0.3, 0.4) is 0 Å². The number of ketones is 1.